The summed E-state index contributed by atoms with van der Waals surface area (Å²) in [5.41, 5.74) is 0.705. The quantitative estimate of drug-likeness (QED) is 0.866. The fourth-order valence-corrected chi connectivity index (χ4v) is 3.42. The van der Waals surface area contributed by atoms with E-state index < -0.39 is 5.54 Å². The van der Waals surface area contributed by atoms with Crippen molar-refractivity contribution in [1.29, 1.82) is 0 Å². The van der Waals surface area contributed by atoms with Crippen molar-refractivity contribution in [3.05, 3.63) is 29.8 Å². The topological polar surface area (TPSA) is 29.1 Å². The second-order valence-corrected chi connectivity index (χ2v) is 6.51. The number of alkyl halides is 2. The number of benzene rings is 1. The van der Waals surface area contributed by atoms with Crippen molar-refractivity contribution >= 4 is 40.9 Å². The van der Waals surface area contributed by atoms with Crippen LogP contribution in [-0.2, 0) is 11.2 Å². The summed E-state index contributed by atoms with van der Waals surface area (Å²) in [6, 6.07) is 8.11. The summed E-state index contributed by atoms with van der Waals surface area (Å²) < 4.78 is 0. The molecule has 0 fully saturated rings. The maximum Gasteiger partial charge on any atom is 0.234 e. The van der Waals surface area contributed by atoms with E-state index in [4.69, 9.17) is 23.2 Å². The van der Waals surface area contributed by atoms with Gasteiger partial charge in [0.2, 0.25) is 5.91 Å². The van der Waals surface area contributed by atoms with E-state index in [0.29, 0.717) is 11.8 Å². The van der Waals surface area contributed by atoms with Crippen LogP contribution < -0.4 is 5.32 Å². The van der Waals surface area contributed by atoms with Gasteiger partial charge in [-0.05, 0) is 25.0 Å². The molecule has 0 aromatic heterocycles. The third-order valence-corrected chi connectivity index (χ3v) is 5.45. The lowest BCUT2D eigenvalue weighted by Crippen LogP contribution is -2.51. The molecule has 2 nitrogen and oxygen atoms in total. The predicted octanol–water partition coefficient (Wildman–Crippen LogP) is 3.06. The van der Waals surface area contributed by atoms with Gasteiger partial charge in [0.05, 0.1) is 10.8 Å². The van der Waals surface area contributed by atoms with Crippen LogP contribution in [0.25, 0.3) is 0 Å². The minimum absolute atomic E-state index is 0.0139. The minimum atomic E-state index is -0.532. The van der Waals surface area contributed by atoms with Crippen LogP contribution >= 0.6 is 35.0 Å². The Bertz CT molecular complexity index is 423. The van der Waals surface area contributed by atoms with Crippen LogP contribution in [0.1, 0.15) is 12.5 Å². The molecule has 0 aliphatic carbocycles. The molecule has 0 saturated carbocycles. The van der Waals surface area contributed by atoms with Crippen LogP contribution in [0.2, 0.25) is 0 Å². The van der Waals surface area contributed by atoms with Gasteiger partial charge >= 0.3 is 0 Å². The first-order valence-electron chi connectivity index (χ1n) is 5.76. The van der Waals surface area contributed by atoms with Crippen LogP contribution in [0.5, 0.6) is 0 Å². The third-order valence-electron chi connectivity index (χ3n) is 2.95. The van der Waals surface area contributed by atoms with E-state index in [1.54, 1.807) is 11.8 Å². The van der Waals surface area contributed by atoms with Gasteiger partial charge in [0.25, 0.3) is 0 Å². The van der Waals surface area contributed by atoms with Gasteiger partial charge in [0, 0.05) is 16.7 Å². The third kappa shape index (κ3) is 2.95. The Labute approximate surface area is 121 Å². The van der Waals surface area contributed by atoms with Gasteiger partial charge in [0.15, 0.2) is 0 Å². The molecule has 1 aliphatic heterocycles. The zero-order valence-corrected chi connectivity index (χ0v) is 12.4. The number of nitrogens with one attached hydrogen (secondary N) is 1. The molecule has 1 amide bonds. The molecular formula is C13H15Cl2NOS. The van der Waals surface area contributed by atoms with E-state index in [2.05, 4.69) is 17.4 Å². The lowest BCUT2D eigenvalue weighted by molar-refractivity contribution is -0.121. The van der Waals surface area contributed by atoms with Crippen molar-refractivity contribution in [1.82, 2.24) is 5.32 Å². The zero-order valence-electron chi connectivity index (χ0n) is 10.1. The Hall–Kier alpha value is -0.380. The Morgan fingerprint density at radius 1 is 1.44 bits per heavy atom. The summed E-state index contributed by atoms with van der Waals surface area (Å²) in [5.74, 6) is 0.638. The van der Waals surface area contributed by atoms with Gasteiger partial charge in [-0.25, -0.2) is 0 Å². The van der Waals surface area contributed by atoms with Crippen molar-refractivity contribution < 1.29 is 4.79 Å². The molecule has 2 rings (SSSR count). The second-order valence-electron chi connectivity index (χ2n) is 4.74. The summed E-state index contributed by atoms with van der Waals surface area (Å²) in [4.78, 5) is 13.4. The molecule has 1 atom stereocenters. The average molecular weight is 304 g/mol. The van der Waals surface area contributed by atoms with E-state index in [0.717, 1.165) is 6.42 Å². The SMILES string of the molecule is CC(CCl)(CCl)NC(=O)C1Cc2ccccc2S1. The van der Waals surface area contributed by atoms with Crippen molar-refractivity contribution in [3.63, 3.8) is 0 Å². The van der Waals surface area contributed by atoms with E-state index in [-0.39, 0.29) is 11.2 Å². The largest absolute Gasteiger partial charge is 0.348 e. The standard InChI is InChI=1S/C13H15Cl2NOS/c1-13(7-14,8-15)16-12(17)11-6-9-4-2-3-5-10(9)18-11/h2-5,11H,6-8H2,1H3,(H,16,17). The summed E-state index contributed by atoms with van der Waals surface area (Å²) >= 11 is 13.3. The number of halogens is 2. The predicted molar refractivity (Wildman–Crippen MR) is 77.8 cm³/mol. The molecule has 0 saturated heterocycles. The number of hydrogen-bond acceptors (Lipinski definition) is 2. The van der Waals surface area contributed by atoms with Crippen LogP contribution in [0, 0.1) is 0 Å². The van der Waals surface area contributed by atoms with Crippen molar-refractivity contribution in [3.8, 4) is 0 Å². The summed E-state index contributed by atoms with van der Waals surface area (Å²) in [6.45, 7) is 1.86. The molecule has 1 aliphatic rings. The van der Waals surface area contributed by atoms with Gasteiger partial charge in [-0.1, -0.05) is 18.2 Å². The Morgan fingerprint density at radius 3 is 2.72 bits per heavy atom. The van der Waals surface area contributed by atoms with Crippen LogP contribution in [0.15, 0.2) is 29.2 Å². The molecule has 1 heterocycles. The first-order valence-corrected chi connectivity index (χ1v) is 7.71. The van der Waals surface area contributed by atoms with Crippen LogP contribution in [-0.4, -0.2) is 28.5 Å². The summed E-state index contributed by atoms with van der Waals surface area (Å²) in [6.07, 6.45) is 0.771. The molecule has 18 heavy (non-hydrogen) atoms. The highest BCUT2D eigenvalue weighted by atomic mass is 35.5. The van der Waals surface area contributed by atoms with Gasteiger partial charge < -0.3 is 5.32 Å². The molecule has 1 unspecified atom stereocenters. The zero-order chi connectivity index (χ0) is 13.2. The molecule has 0 spiro atoms. The van der Waals surface area contributed by atoms with E-state index in [1.807, 2.05) is 19.1 Å². The van der Waals surface area contributed by atoms with Gasteiger partial charge in [-0.15, -0.1) is 35.0 Å². The van der Waals surface area contributed by atoms with E-state index >= 15 is 0 Å². The van der Waals surface area contributed by atoms with Crippen LogP contribution in [0.4, 0.5) is 0 Å². The van der Waals surface area contributed by atoms with Crippen molar-refractivity contribution in [2.45, 2.75) is 29.0 Å². The number of hydrogen-bond donors (Lipinski definition) is 1. The lowest BCUT2D eigenvalue weighted by Gasteiger charge is -2.27. The first kappa shape index (κ1) is 14.0. The number of amides is 1. The number of thioether (sulfide) groups is 1. The first-order chi connectivity index (χ1) is 8.58. The smallest absolute Gasteiger partial charge is 0.234 e. The maximum atomic E-state index is 12.2. The fourth-order valence-electron chi connectivity index (χ4n) is 1.81. The summed E-state index contributed by atoms with van der Waals surface area (Å²) in [5, 5.41) is 2.87. The Balaban J connectivity index is 2.01. The molecule has 1 aromatic rings. The Morgan fingerprint density at radius 2 is 2.11 bits per heavy atom. The van der Waals surface area contributed by atoms with Gasteiger partial charge in [0.1, 0.15) is 0 Å². The lowest BCUT2D eigenvalue weighted by atomic mass is 10.1. The molecule has 5 heteroatoms. The van der Waals surface area contributed by atoms with Gasteiger partial charge in [-0.2, -0.15) is 0 Å². The maximum absolute atomic E-state index is 12.2. The molecule has 0 bridgehead atoms. The van der Waals surface area contributed by atoms with Crippen LogP contribution in [0.3, 0.4) is 0 Å². The van der Waals surface area contributed by atoms with E-state index in [1.165, 1.54) is 10.5 Å². The normalized spacial score (nSPS) is 18.5. The molecule has 0 radical (unpaired) electrons. The summed E-state index contributed by atoms with van der Waals surface area (Å²) in [7, 11) is 0. The number of carbonyl (C=O) groups excluding carboxylic acids is 1. The average Bonchev–Trinajstić information content (AvgIpc) is 2.82. The fraction of sp³-hybridized carbons (Fsp3) is 0.462. The highest BCUT2D eigenvalue weighted by molar-refractivity contribution is 8.01. The number of rotatable bonds is 4. The van der Waals surface area contributed by atoms with Crippen molar-refractivity contribution in [2.75, 3.05) is 11.8 Å². The molecular weight excluding hydrogens is 289 g/mol. The van der Waals surface area contributed by atoms with Gasteiger partial charge in [-0.3, -0.25) is 4.79 Å². The highest BCUT2D eigenvalue weighted by Gasteiger charge is 2.32. The van der Waals surface area contributed by atoms with Crippen molar-refractivity contribution in [2.24, 2.45) is 0 Å². The number of carbonyl (C=O) groups is 1. The van der Waals surface area contributed by atoms with E-state index in [9.17, 15) is 4.79 Å². The molecule has 1 aromatic carbocycles. The molecule has 1 N–H and O–H groups in total. The molecule has 98 valence electrons. The minimum Gasteiger partial charge on any atom is -0.348 e. The monoisotopic (exact) mass is 303 g/mol. The highest BCUT2D eigenvalue weighted by Crippen LogP contribution is 2.37. The Kier molecular flexibility index (Phi) is 4.46. The second kappa shape index (κ2) is 5.72. The number of fused-ring (bicyclic) bond motifs is 1.